The van der Waals surface area contributed by atoms with E-state index in [1.54, 1.807) is 6.80 Å². The fourth-order valence-electron chi connectivity index (χ4n) is 3.64. The van der Waals surface area contributed by atoms with Gasteiger partial charge in [0.1, 0.15) is 0 Å². The van der Waals surface area contributed by atoms with Gasteiger partial charge in [0.2, 0.25) is 0 Å². The predicted molar refractivity (Wildman–Crippen MR) is 117 cm³/mol. The van der Waals surface area contributed by atoms with E-state index < -0.39 is 19.1 Å². The van der Waals surface area contributed by atoms with Crippen LogP contribution in [0.2, 0.25) is 0 Å². The molecular weight excluding hydrogens is 496 g/mol. The van der Waals surface area contributed by atoms with Crippen LogP contribution in [0.4, 0.5) is 0 Å². The van der Waals surface area contributed by atoms with Gasteiger partial charge in [-0.2, -0.15) is 0 Å². The molecule has 0 amide bonds. The van der Waals surface area contributed by atoms with E-state index in [-0.39, 0.29) is 0 Å². The van der Waals surface area contributed by atoms with E-state index >= 15 is 0 Å². The first-order valence-corrected chi connectivity index (χ1v) is 12.9. The zero-order valence-electron chi connectivity index (χ0n) is 14.0. The molecule has 0 aliphatic carbocycles. The van der Waals surface area contributed by atoms with Gasteiger partial charge in [-0.1, -0.05) is 0 Å². The van der Waals surface area contributed by atoms with Gasteiger partial charge in [0.15, 0.2) is 0 Å². The third kappa shape index (κ3) is 2.57. The summed E-state index contributed by atoms with van der Waals surface area (Å²) in [5, 5.41) is 2.86. The van der Waals surface area contributed by atoms with Crippen LogP contribution < -0.4 is 0 Å². The summed E-state index contributed by atoms with van der Waals surface area (Å²) in [6, 6.07) is 35.5. The van der Waals surface area contributed by atoms with Crippen molar-refractivity contribution in [3.63, 3.8) is 0 Å². The molecule has 2 heteroatoms. The van der Waals surface area contributed by atoms with E-state index in [9.17, 15) is 0 Å². The third-order valence-electron chi connectivity index (χ3n) is 4.78. The van der Waals surface area contributed by atoms with Gasteiger partial charge in [-0.05, 0) is 0 Å². The summed E-state index contributed by atoms with van der Waals surface area (Å²) in [4.78, 5) is 0. The average Bonchev–Trinajstić information content (AvgIpc) is 3.03. The Morgan fingerprint density at radius 3 is 1.65 bits per heavy atom. The molecular formula is C24H16BrTe+. The molecule has 1 aromatic heterocycles. The number of halogens is 1. The summed E-state index contributed by atoms with van der Waals surface area (Å²) in [6.45, 7) is 0. The van der Waals surface area contributed by atoms with Crippen LogP contribution in [0.3, 0.4) is 0 Å². The van der Waals surface area contributed by atoms with Gasteiger partial charge < -0.3 is 0 Å². The first kappa shape index (κ1) is 16.3. The van der Waals surface area contributed by atoms with Gasteiger partial charge in [0.25, 0.3) is 0 Å². The number of fused-ring (bicyclic) bond motifs is 3. The van der Waals surface area contributed by atoms with Crippen LogP contribution in [0.1, 0.15) is 0 Å². The van der Waals surface area contributed by atoms with Gasteiger partial charge in [-0.3, -0.25) is 0 Å². The van der Waals surface area contributed by atoms with Crippen molar-refractivity contribution in [1.82, 2.24) is 0 Å². The second-order valence-corrected chi connectivity index (χ2v) is 12.6. The number of hydrogen-bond donors (Lipinski definition) is 0. The summed E-state index contributed by atoms with van der Waals surface area (Å²) in [6.07, 6.45) is 0. The standard InChI is InChI=1S/C24H16BrTe/c25-21-13-5-1-9-17(21)18-10-2-6-14-22(18)26-23-15-7-3-11-19(23)20-12-4-8-16-24(20)26/h1-16H/q+1. The molecule has 0 aliphatic heterocycles. The van der Waals surface area contributed by atoms with Crippen LogP contribution in [0, 0.1) is 0 Å². The maximum atomic E-state index is 3.76. The summed E-state index contributed by atoms with van der Waals surface area (Å²) >= 11 is 1.88. The van der Waals surface area contributed by atoms with Crippen molar-refractivity contribution in [1.29, 1.82) is 0 Å². The van der Waals surface area contributed by atoms with Crippen LogP contribution in [-0.2, 0) is 0 Å². The summed E-state index contributed by atoms with van der Waals surface area (Å²) < 4.78 is 5.82. The molecule has 124 valence electrons. The van der Waals surface area contributed by atoms with Gasteiger partial charge in [0, 0.05) is 0 Å². The summed E-state index contributed by atoms with van der Waals surface area (Å²) in [5.74, 6) is 0. The first-order valence-electron chi connectivity index (χ1n) is 8.61. The Balaban J connectivity index is 1.92. The Kier molecular flexibility index (Phi) is 4.21. The Hall–Kier alpha value is -1.85. The van der Waals surface area contributed by atoms with Gasteiger partial charge in [-0.25, -0.2) is 0 Å². The Bertz CT molecular complexity index is 1200. The Morgan fingerprint density at radius 1 is 0.500 bits per heavy atom. The van der Waals surface area contributed by atoms with Crippen molar-refractivity contribution >= 4 is 52.6 Å². The molecule has 0 radical (unpaired) electrons. The molecule has 26 heavy (non-hydrogen) atoms. The van der Waals surface area contributed by atoms with Gasteiger partial charge in [-0.15, -0.1) is 0 Å². The average molecular weight is 512 g/mol. The molecule has 0 unspecified atom stereocenters. The van der Waals surface area contributed by atoms with Gasteiger partial charge >= 0.3 is 169 Å². The molecule has 0 aliphatic rings. The van der Waals surface area contributed by atoms with E-state index in [1.165, 1.54) is 25.5 Å². The van der Waals surface area contributed by atoms with E-state index in [1.807, 2.05) is 0 Å². The van der Waals surface area contributed by atoms with Crippen LogP contribution in [-0.4, -0.2) is 19.1 Å². The van der Waals surface area contributed by atoms with Gasteiger partial charge in [0.05, 0.1) is 0 Å². The van der Waals surface area contributed by atoms with Crippen LogP contribution in [0.25, 0.3) is 32.3 Å². The second-order valence-electron chi connectivity index (χ2n) is 6.27. The molecule has 0 fully saturated rings. The van der Waals surface area contributed by atoms with Crippen molar-refractivity contribution in [2.75, 3.05) is 0 Å². The molecule has 4 aromatic carbocycles. The van der Waals surface area contributed by atoms with E-state index in [2.05, 4.69) is 113 Å². The van der Waals surface area contributed by atoms with E-state index in [0.29, 0.717) is 0 Å². The molecule has 0 spiro atoms. The van der Waals surface area contributed by atoms with Crippen LogP contribution in [0.15, 0.2) is 102 Å². The zero-order valence-corrected chi connectivity index (χ0v) is 17.9. The Morgan fingerprint density at radius 2 is 1.00 bits per heavy atom. The van der Waals surface area contributed by atoms with E-state index in [0.717, 1.165) is 4.47 Å². The molecule has 0 bridgehead atoms. The number of benzene rings is 4. The van der Waals surface area contributed by atoms with Crippen molar-refractivity contribution in [2.45, 2.75) is 0 Å². The quantitative estimate of drug-likeness (QED) is 0.221. The SMILES string of the molecule is Brc1ccccc1-c1ccccc1-[te+]1c2ccccc2c2ccccc21. The summed E-state index contributed by atoms with van der Waals surface area (Å²) in [5.41, 5.74) is 2.65. The number of hydrogen-bond acceptors (Lipinski definition) is 0. The van der Waals surface area contributed by atoms with Crippen LogP contribution in [0.5, 0.6) is 0 Å². The molecule has 0 atom stereocenters. The topological polar surface area (TPSA) is 0 Å². The third-order valence-corrected chi connectivity index (χ3v) is 12.3. The first-order chi connectivity index (χ1) is 12.8. The summed E-state index contributed by atoms with van der Waals surface area (Å²) in [7, 11) is 0. The fourth-order valence-corrected chi connectivity index (χ4v) is 11.4. The Labute approximate surface area is 168 Å². The molecule has 5 rings (SSSR count). The molecule has 0 saturated heterocycles. The normalized spacial score (nSPS) is 11.3. The van der Waals surface area contributed by atoms with E-state index in [4.69, 9.17) is 0 Å². The minimum absolute atomic E-state index is 1.16. The van der Waals surface area contributed by atoms with Crippen LogP contribution >= 0.6 is 15.9 Å². The fraction of sp³-hybridized carbons (Fsp3) is 0. The molecule has 1 heterocycles. The molecule has 5 aromatic rings. The predicted octanol–water partition coefficient (Wildman–Crippen LogP) is 7.16. The minimum atomic E-state index is -1.88. The molecule has 0 N–H and O–H groups in total. The maximum absolute atomic E-state index is 3.76. The second kappa shape index (κ2) is 6.71. The van der Waals surface area contributed by atoms with Crippen molar-refractivity contribution < 1.29 is 0 Å². The monoisotopic (exact) mass is 513 g/mol. The van der Waals surface area contributed by atoms with Crippen molar-refractivity contribution in [3.8, 4) is 14.7 Å². The van der Waals surface area contributed by atoms with Crippen molar-refractivity contribution in [3.05, 3.63) is 102 Å². The zero-order chi connectivity index (χ0) is 17.5. The number of rotatable bonds is 2. The molecule has 0 saturated carbocycles. The van der Waals surface area contributed by atoms with Crippen molar-refractivity contribution in [2.24, 2.45) is 0 Å². The molecule has 0 nitrogen and oxygen atoms in total.